The van der Waals surface area contributed by atoms with Gasteiger partial charge in [-0.3, -0.25) is 9.97 Å². The standard InChI is InChI=1S/C13H12N6O/c20-13(18-16-9-11-5-1-3-7-14-11)19-17-10-12-6-2-4-8-15-12/h1-10H,(H2,18,19,20). The smallest absolute Gasteiger partial charge is 0.255 e. The van der Waals surface area contributed by atoms with Gasteiger partial charge in [0.1, 0.15) is 0 Å². The number of hydrogen-bond donors (Lipinski definition) is 2. The van der Waals surface area contributed by atoms with Crippen molar-refractivity contribution in [2.45, 2.75) is 0 Å². The summed E-state index contributed by atoms with van der Waals surface area (Å²) in [6, 6.07) is 10.2. The minimum absolute atomic E-state index is 0.552. The zero-order valence-corrected chi connectivity index (χ0v) is 10.5. The van der Waals surface area contributed by atoms with E-state index in [-0.39, 0.29) is 0 Å². The van der Waals surface area contributed by atoms with E-state index in [0.717, 1.165) is 0 Å². The summed E-state index contributed by atoms with van der Waals surface area (Å²) < 4.78 is 0. The normalized spacial score (nSPS) is 10.8. The molecule has 2 N–H and O–H groups in total. The Morgan fingerprint density at radius 3 is 1.80 bits per heavy atom. The summed E-state index contributed by atoms with van der Waals surface area (Å²) in [5.74, 6) is 0. The molecule has 2 amide bonds. The third-order valence-electron chi connectivity index (χ3n) is 2.10. The van der Waals surface area contributed by atoms with E-state index in [1.54, 1.807) is 36.7 Å². The SMILES string of the molecule is O=C(NN=Cc1ccccn1)NN=Cc1ccccn1. The lowest BCUT2D eigenvalue weighted by Crippen LogP contribution is -2.28. The lowest BCUT2D eigenvalue weighted by molar-refractivity contribution is 0.242. The quantitative estimate of drug-likeness (QED) is 0.643. The van der Waals surface area contributed by atoms with Crippen molar-refractivity contribution in [3.63, 3.8) is 0 Å². The van der Waals surface area contributed by atoms with Crippen molar-refractivity contribution in [2.75, 3.05) is 0 Å². The molecule has 0 aliphatic carbocycles. The Labute approximate surface area is 115 Å². The fraction of sp³-hybridized carbons (Fsp3) is 0. The molecule has 0 saturated heterocycles. The number of nitrogens with one attached hydrogen (secondary N) is 2. The number of pyridine rings is 2. The van der Waals surface area contributed by atoms with E-state index < -0.39 is 6.03 Å². The minimum Gasteiger partial charge on any atom is -0.255 e. The largest absolute Gasteiger partial charge is 0.355 e. The topological polar surface area (TPSA) is 91.6 Å². The van der Waals surface area contributed by atoms with Crippen LogP contribution in [0.5, 0.6) is 0 Å². The van der Waals surface area contributed by atoms with Crippen LogP contribution in [0.25, 0.3) is 0 Å². The number of hydrogen-bond acceptors (Lipinski definition) is 5. The van der Waals surface area contributed by atoms with Crippen molar-refractivity contribution in [3.8, 4) is 0 Å². The van der Waals surface area contributed by atoms with Crippen LogP contribution < -0.4 is 10.9 Å². The highest BCUT2D eigenvalue weighted by molar-refractivity contribution is 5.81. The molecule has 0 aromatic carbocycles. The molecular formula is C13H12N6O. The van der Waals surface area contributed by atoms with Crippen LogP contribution in [0.15, 0.2) is 59.0 Å². The first-order valence-corrected chi connectivity index (χ1v) is 5.79. The number of carbonyl (C=O) groups excluding carboxylic acids is 1. The predicted octanol–water partition coefficient (Wildman–Crippen LogP) is 1.14. The zero-order valence-electron chi connectivity index (χ0n) is 10.5. The Balaban J connectivity index is 1.76. The highest BCUT2D eigenvalue weighted by Crippen LogP contribution is 1.88. The summed E-state index contributed by atoms with van der Waals surface area (Å²) in [5, 5.41) is 7.46. The fourth-order valence-corrected chi connectivity index (χ4v) is 1.24. The van der Waals surface area contributed by atoms with Gasteiger partial charge < -0.3 is 0 Å². The first-order valence-electron chi connectivity index (χ1n) is 5.79. The van der Waals surface area contributed by atoms with Gasteiger partial charge in [-0.1, -0.05) is 12.1 Å². The Bertz CT molecular complexity index is 543. The van der Waals surface area contributed by atoms with Crippen LogP contribution in [0.2, 0.25) is 0 Å². The van der Waals surface area contributed by atoms with Crippen LogP contribution in [-0.2, 0) is 0 Å². The van der Waals surface area contributed by atoms with Gasteiger partial charge in [-0.25, -0.2) is 15.6 Å². The molecule has 0 aliphatic heterocycles. The maximum atomic E-state index is 11.3. The molecule has 0 aliphatic rings. The molecule has 2 heterocycles. The lowest BCUT2D eigenvalue weighted by Gasteiger charge is -1.97. The van der Waals surface area contributed by atoms with Gasteiger partial charge in [-0.2, -0.15) is 10.2 Å². The molecule has 0 atom stereocenters. The summed E-state index contributed by atoms with van der Waals surface area (Å²) >= 11 is 0. The first kappa shape index (κ1) is 13.3. The molecule has 0 saturated carbocycles. The van der Waals surface area contributed by atoms with Crippen LogP contribution in [0, 0.1) is 0 Å². The Hall–Kier alpha value is -3.09. The Morgan fingerprint density at radius 2 is 1.40 bits per heavy atom. The molecule has 20 heavy (non-hydrogen) atoms. The molecule has 0 spiro atoms. The van der Waals surface area contributed by atoms with Gasteiger partial charge in [0.05, 0.1) is 23.8 Å². The van der Waals surface area contributed by atoms with E-state index in [1.807, 2.05) is 12.1 Å². The van der Waals surface area contributed by atoms with Crippen LogP contribution in [0.3, 0.4) is 0 Å². The molecule has 0 fully saturated rings. The molecule has 0 bridgehead atoms. The molecular weight excluding hydrogens is 256 g/mol. The van der Waals surface area contributed by atoms with Crippen molar-refractivity contribution in [3.05, 3.63) is 60.2 Å². The van der Waals surface area contributed by atoms with Crippen LogP contribution in [0.4, 0.5) is 4.79 Å². The van der Waals surface area contributed by atoms with Crippen LogP contribution >= 0.6 is 0 Å². The van der Waals surface area contributed by atoms with Gasteiger partial charge in [0.15, 0.2) is 0 Å². The van der Waals surface area contributed by atoms with E-state index >= 15 is 0 Å². The number of nitrogens with zero attached hydrogens (tertiary/aromatic N) is 4. The lowest BCUT2D eigenvalue weighted by atomic mass is 10.4. The third kappa shape index (κ3) is 4.65. The number of urea groups is 1. The van der Waals surface area contributed by atoms with Gasteiger partial charge >= 0.3 is 6.03 Å². The molecule has 0 unspecified atom stereocenters. The highest BCUT2D eigenvalue weighted by Gasteiger charge is 1.94. The van der Waals surface area contributed by atoms with E-state index in [9.17, 15) is 4.79 Å². The summed E-state index contributed by atoms with van der Waals surface area (Å²) in [6.07, 6.45) is 6.14. The Morgan fingerprint density at radius 1 is 0.900 bits per heavy atom. The van der Waals surface area contributed by atoms with E-state index in [4.69, 9.17) is 0 Å². The molecule has 100 valence electrons. The first-order chi connectivity index (χ1) is 9.84. The number of rotatable bonds is 4. The van der Waals surface area contributed by atoms with Gasteiger partial charge in [0, 0.05) is 12.4 Å². The number of aromatic nitrogens is 2. The molecule has 7 nitrogen and oxygen atoms in total. The summed E-state index contributed by atoms with van der Waals surface area (Å²) in [6.45, 7) is 0. The number of amides is 2. The number of carbonyl (C=O) groups is 1. The second-order valence-electron chi connectivity index (χ2n) is 3.58. The maximum Gasteiger partial charge on any atom is 0.355 e. The molecule has 2 aromatic heterocycles. The minimum atomic E-state index is -0.552. The van der Waals surface area contributed by atoms with Crippen molar-refractivity contribution in [2.24, 2.45) is 10.2 Å². The zero-order chi connectivity index (χ0) is 14.0. The van der Waals surface area contributed by atoms with Crippen molar-refractivity contribution in [1.29, 1.82) is 0 Å². The number of hydrazone groups is 2. The molecule has 7 heteroatoms. The predicted molar refractivity (Wildman–Crippen MR) is 75.3 cm³/mol. The van der Waals surface area contributed by atoms with E-state index in [2.05, 4.69) is 31.0 Å². The average Bonchev–Trinajstić information content (AvgIpc) is 2.49. The van der Waals surface area contributed by atoms with Gasteiger partial charge in [-0.05, 0) is 24.3 Å². The monoisotopic (exact) mass is 268 g/mol. The summed E-state index contributed by atoms with van der Waals surface area (Å²) in [7, 11) is 0. The molecule has 2 aromatic rings. The van der Waals surface area contributed by atoms with Gasteiger partial charge in [-0.15, -0.1) is 0 Å². The van der Waals surface area contributed by atoms with Gasteiger partial charge in [0.25, 0.3) is 0 Å². The maximum absolute atomic E-state index is 11.3. The van der Waals surface area contributed by atoms with Gasteiger partial charge in [0.2, 0.25) is 0 Å². The van der Waals surface area contributed by atoms with Crippen molar-refractivity contribution >= 4 is 18.5 Å². The van der Waals surface area contributed by atoms with Crippen LogP contribution in [0.1, 0.15) is 11.4 Å². The van der Waals surface area contributed by atoms with E-state index in [0.29, 0.717) is 11.4 Å². The molecule has 0 radical (unpaired) electrons. The van der Waals surface area contributed by atoms with E-state index in [1.165, 1.54) is 12.4 Å². The summed E-state index contributed by atoms with van der Waals surface area (Å²) in [4.78, 5) is 19.4. The second kappa shape index (κ2) is 7.37. The van der Waals surface area contributed by atoms with Crippen LogP contribution in [-0.4, -0.2) is 28.4 Å². The highest BCUT2D eigenvalue weighted by atomic mass is 16.2. The Kier molecular flexibility index (Phi) is 4.92. The van der Waals surface area contributed by atoms with Crippen molar-refractivity contribution in [1.82, 2.24) is 20.8 Å². The molecule has 2 rings (SSSR count). The van der Waals surface area contributed by atoms with Crippen molar-refractivity contribution < 1.29 is 4.79 Å². The second-order valence-corrected chi connectivity index (χ2v) is 3.58. The summed E-state index contributed by atoms with van der Waals surface area (Å²) in [5.41, 5.74) is 5.81. The fourth-order valence-electron chi connectivity index (χ4n) is 1.24. The average molecular weight is 268 g/mol. The third-order valence-corrected chi connectivity index (χ3v) is 2.10.